The summed E-state index contributed by atoms with van der Waals surface area (Å²) in [4.78, 5) is 0. The highest BCUT2D eigenvalue weighted by Gasteiger charge is 2.17. The van der Waals surface area contributed by atoms with Gasteiger partial charge in [-0.1, -0.05) is 19.3 Å². The number of hydrogen-bond acceptors (Lipinski definition) is 1. The van der Waals surface area contributed by atoms with E-state index in [4.69, 9.17) is 4.42 Å². The predicted octanol–water partition coefficient (Wildman–Crippen LogP) is 3.32. The number of rotatable bonds is 3. The molecule has 1 aromatic heterocycles. The van der Waals surface area contributed by atoms with Crippen LogP contribution in [-0.4, -0.2) is 0 Å². The van der Waals surface area contributed by atoms with Gasteiger partial charge in [0.25, 0.3) is 0 Å². The third-order valence-electron chi connectivity index (χ3n) is 2.82. The Morgan fingerprint density at radius 2 is 2.25 bits per heavy atom. The summed E-state index contributed by atoms with van der Waals surface area (Å²) in [5.41, 5.74) is 0. The molecule has 1 nitrogen and oxygen atoms in total. The molecule has 66 valence electrons. The Hall–Kier alpha value is -0.720. The Kier molecular flexibility index (Phi) is 2.20. The summed E-state index contributed by atoms with van der Waals surface area (Å²) in [6.45, 7) is 2.01. The molecule has 0 aliphatic heterocycles. The van der Waals surface area contributed by atoms with Gasteiger partial charge in [-0.3, -0.25) is 0 Å². The van der Waals surface area contributed by atoms with Gasteiger partial charge in [0.15, 0.2) is 0 Å². The Labute approximate surface area is 73.8 Å². The molecule has 0 N–H and O–H groups in total. The number of aryl methyl sites for hydroxylation is 2. The van der Waals surface area contributed by atoms with Gasteiger partial charge in [-0.2, -0.15) is 0 Å². The van der Waals surface area contributed by atoms with Crippen LogP contribution in [-0.2, 0) is 6.42 Å². The van der Waals surface area contributed by atoms with Crippen LogP contribution in [0.5, 0.6) is 0 Å². The van der Waals surface area contributed by atoms with Crippen molar-refractivity contribution in [2.24, 2.45) is 5.92 Å². The van der Waals surface area contributed by atoms with E-state index < -0.39 is 0 Å². The second kappa shape index (κ2) is 3.34. The zero-order chi connectivity index (χ0) is 8.39. The molecule has 0 unspecified atom stereocenters. The summed E-state index contributed by atoms with van der Waals surface area (Å²) < 4.78 is 5.50. The molecule has 0 spiro atoms. The normalized spacial score (nSPS) is 17.8. The van der Waals surface area contributed by atoms with Gasteiger partial charge < -0.3 is 4.42 Å². The van der Waals surface area contributed by atoms with Crippen LogP contribution in [0.25, 0.3) is 0 Å². The Bertz CT molecular complexity index is 245. The van der Waals surface area contributed by atoms with Gasteiger partial charge in [-0.05, 0) is 31.4 Å². The lowest BCUT2D eigenvalue weighted by Gasteiger charge is -2.24. The number of hydrogen-bond donors (Lipinski definition) is 0. The summed E-state index contributed by atoms with van der Waals surface area (Å²) in [5, 5.41) is 0. The molecule has 0 radical (unpaired) electrons. The zero-order valence-electron chi connectivity index (χ0n) is 7.68. The number of furan rings is 1. The van der Waals surface area contributed by atoms with Crippen molar-refractivity contribution in [3.8, 4) is 0 Å². The first kappa shape index (κ1) is 7.90. The van der Waals surface area contributed by atoms with Crippen LogP contribution in [0.3, 0.4) is 0 Å². The standard InChI is InChI=1S/C11H16O/c1-9-5-7-11(12-9)8-6-10-3-2-4-10/h5,7,10H,2-4,6,8H2,1H3. The maximum atomic E-state index is 5.50. The van der Waals surface area contributed by atoms with E-state index in [1.807, 2.05) is 6.92 Å². The Morgan fingerprint density at radius 3 is 2.75 bits per heavy atom. The molecule has 1 aliphatic rings. The van der Waals surface area contributed by atoms with Gasteiger partial charge in [-0.15, -0.1) is 0 Å². The first-order valence-electron chi connectivity index (χ1n) is 4.90. The minimum Gasteiger partial charge on any atom is -0.466 e. The highest BCUT2D eigenvalue weighted by atomic mass is 16.3. The SMILES string of the molecule is Cc1ccc(CCC2CCC2)o1. The molecule has 0 saturated heterocycles. The monoisotopic (exact) mass is 164 g/mol. The average Bonchev–Trinajstić information content (AvgIpc) is 2.32. The fraction of sp³-hybridized carbons (Fsp3) is 0.636. The minimum atomic E-state index is 0.996. The van der Waals surface area contributed by atoms with E-state index in [1.54, 1.807) is 0 Å². The van der Waals surface area contributed by atoms with Crippen molar-refractivity contribution in [3.63, 3.8) is 0 Å². The van der Waals surface area contributed by atoms with Gasteiger partial charge >= 0.3 is 0 Å². The van der Waals surface area contributed by atoms with Crippen LogP contribution in [0.1, 0.15) is 37.2 Å². The summed E-state index contributed by atoms with van der Waals surface area (Å²) in [7, 11) is 0. The van der Waals surface area contributed by atoms with E-state index in [2.05, 4.69) is 12.1 Å². The van der Waals surface area contributed by atoms with Crippen LogP contribution in [0.2, 0.25) is 0 Å². The lowest BCUT2D eigenvalue weighted by molar-refractivity contribution is 0.288. The van der Waals surface area contributed by atoms with Crippen molar-refractivity contribution < 1.29 is 4.42 Å². The molecule has 1 saturated carbocycles. The molecule has 0 aromatic carbocycles. The van der Waals surface area contributed by atoms with E-state index in [9.17, 15) is 0 Å². The molecule has 1 heterocycles. The van der Waals surface area contributed by atoms with Gasteiger partial charge in [0.05, 0.1) is 0 Å². The van der Waals surface area contributed by atoms with Crippen LogP contribution in [0.15, 0.2) is 16.5 Å². The topological polar surface area (TPSA) is 13.1 Å². The first-order chi connectivity index (χ1) is 5.84. The fourth-order valence-electron chi connectivity index (χ4n) is 1.75. The van der Waals surface area contributed by atoms with E-state index in [1.165, 1.54) is 31.4 Å². The van der Waals surface area contributed by atoms with Crippen molar-refractivity contribution >= 4 is 0 Å². The van der Waals surface area contributed by atoms with Gasteiger partial charge in [0.2, 0.25) is 0 Å². The van der Waals surface area contributed by atoms with E-state index in [0.29, 0.717) is 0 Å². The zero-order valence-corrected chi connectivity index (χ0v) is 7.68. The van der Waals surface area contributed by atoms with Crippen LogP contribution in [0.4, 0.5) is 0 Å². The van der Waals surface area contributed by atoms with Crippen LogP contribution >= 0.6 is 0 Å². The quantitative estimate of drug-likeness (QED) is 0.668. The summed E-state index contributed by atoms with van der Waals surface area (Å²) >= 11 is 0. The molecule has 1 heteroatoms. The van der Waals surface area contributed by atoms with Crippen molar-refractivity contribution in [2.75, 3.05) is 0 Å². The van der Waals surface area contributed by atoms with Gasteiger partial charge in [0, 0.05) is 6.42 Å². The molecule has 1 aliphatic carbocycles. The van der Waals surface area contributed by atoms with E-state index in [-0.39, 0.29) is 0 Å². The lowest BCUT2D eigenvalue weighted by Crippen LogP contribution is -2.11. The highest BCUT2D eigenvalue weighted by Crippen LogP contribution is 2.30. The molecule has 0 atom stereocenters. The van der Waals surface area contributed by atoms with Gasteiger partial charge in [0.1, 0.15) is 11.5 Å². The van der Waals surface area contributed by atoms with Crippen molar-refractivity contribution in [1.82, 2.24) is 0 Å². The molecule has 0 amide bonds. The minimum absolute atomic E-state index is 0.996. The largest absolute Gasteiger partial charge is 0.466 e. The molecular formula is C11H16O. The summed E-state index contributed by atoms with van der Waals surface area (Å²) in [5.74, 6) is 3.20. The maximum Gasteiger partial charge on any atom is 0.104 e. The first-order valence-corrected chi connectivity index (χ1v) is 4.90. The average molecular weight is 164 g/mol. The van der Waals surface area contributed by atoms with E-state index in [0.717, 1.165) is 18.1 Å². The third kappa shape index (κ3) is 1.71. The predicted molar refractivity (Wildman–Crippen MR) is 49.1 cm³/mol. The summed E-state index contributed by atoms with van der Waals surface area (Å²) in [6, 6.07) is 4.16. The summed E-state index contributed by atoms with van der Waals surface area (Å²) in [6.07, 6.45) is 6.80. The molecule has 0 bridgehead atoms. The lowest BCUT2D eigenvalue weighted by atomic mass is 9.82. The molecule has 1 aromatic rings. The third-order valence-corrected chi connectivity index (χ3v) is 2.82. The van der Waals surface area contributed by atoms with Gasteiger partial charge in [-0.25, -0.2) is 0 Å². The highest BCUT2D eigenvalue weighted by molar-refractivity contribution is 5.05. The molecule has 2 rings (SSSR count). The van der Waals surface area contributed by atoms with Crippen LogP contribution in [0, 0.1) is 12.8 Å². The maximum absolute atomic E-state index is 5.50. The van der Waals surface area contributed by atoms with Crippen LogP contribution < -0.4 is 0 Å². The second-order valence-electron chi connectivity index (χ2n) is 3.85. The van der Waals surface area contributed by atoms with Crippen molar-refractivity contribution in [1.29, 1.82) is 0 Å². The van der Waals surface area contributed by atoms with Crippen molar-refractivity contribution in [3.05, 3.63) is 23.7 Å². The smallest absolute Gasteiger partial charge is 0.104 e. The molecule has 12 heavy (non-hydrogen) atoms. The molecular weight excluding hydrogens is 148 g/mol. The molecule has 1 fully saturated rings. The van der Waals surface area contributed by atoms with E-state index >= 15 is 0 Å². The van der Waals surface area contributed by atoms with Crippen molar-refractivity contribution in [2.45, 2.75) is 39.0 Å². The second-order valence-corrected chi connectivity index (χ2v) is 3.85. The Balaban J connectivity index is 1.79. The fourth-order valence-corrected chi connectivity index (χ4v) is 1.75. The Morgan fingerprint density at radius 1 is 1.42 bits per heavy atom.